The summed E-state index contributed by atoms with van der Waals surface area (Å²) in [4.78, 5) is 30.7. The molecular formula is C22H27N5O4. The minimum absolute atomic E-state index is 0.220. The predicted octanol–water partition coefficient (Wildman–Crippen LogP) is 2.57. The molecule has 31 heavy (non-hydrogen) atoms. The molecule has 1 N–H and O–H groups in total. The van der Waals surface area contributed by atoms with Crippen LogP contribution in [0.3, 0.4) is 0 Å². The Morgan fingerprint density at radius 2 is 1.87 bits per heavy atom. The van der Waals surface area contributed by atoms with E-state index in [0.717, 1.165) is 11.4 Å². The molecule has 1 aromatic carbocycles. The van der Waals surface area contributed by atoms with Gasteiger partial charge in [0.2, 0.25) is 11.9 Å². The van der Waals surface area contributed by atoms with E-state index in [2.05, 4.69) is 15.4 Å². The second kappa shape index (κ2) is 9.03. The molecule has 0 saturated carbocycles. The lowest BCUT2D eigenvalue weighted by Crippen LogP contribution is -2.34. The highest BCUT2D eigenvalue weighted by Gasteiger charge is 2.19. The second-order valence-corrected chi connectivity index (χ2v) is 7.17. The van der Waals surface area contributed by atoms with Gasteiger partial charge in [0.05, 0.1) is 31.3 Å². The third-order valence-corrected chi connectivity index (χ3v) is 4.99. The number of ether oxygens (including phenoxy) is 2. The predicted molar refractivity (Wildman–Crippen MR) is 117 cm³/mol. The van der Waals surface area contributed by atoms with Crippen LogP contribution in [0, 0.1) is 20.8 Å². The molecule has 2 aromatic heterocycles. The fourth-order valence-corrected chi connectivity index (χ4v) is 3.46. The van der Waals surface area contributed by atoms with Gasteiger partial charge >= 0.3 is 0 Å². The number of methoxy groups -OCH3 is 2. The van der Waals surface area contributed by atoms with E-state index in [4.69, 9.17) is 9.47 Å². The Hall–Kier alpha value is -3.62. The van der Waals surface area contributed by atoms with Crippen molar-refractivity contribution in [2.24, 2.45) is 0 Å². The molecule has 0 aliphatic heterocycles. The van der Waals surface area contributed by atoms with Gasteiger partial charge in [-0.2, -0.15) is 5.10 Å². The maximum atomic E-state index is 13.2. The number of aryl methyl sites for hydroxylation is 3. The number of nitrogens with zero attached hydrogens (tertiary/aromatic N) is 4. The summed E-state index contributed by atoms with van der Waals surface area (Å²) in [5.41, 5.74) is 3.03. The van der Waals surface area contributed by atoms with Crippen molar-refractivity contribution in [2.75, 3.05) is 19.5 Å². The van der Waals surface area contributed by atoms with Gasteiger partial charge in [-0.1, -0.05) is 6.92 Å². The average Bonchev–Trinajstić information content (AvgIpc) is 3.08. The summed E-state index contributed by atoms with van der Waals surface area (Å²) < 4.78 is 13.5. The highest BCUT2D eigenvalue weighted by Crippen LogP contribution is 2.29. The highest BCUT2D eigenvalue weighted by molar-refractivity contribution is 5.92. The molecular weight excluding hydrogens is 398 g/mol. The first kappa shape index (κ1) is 22.1. The number of anilines is 1. The summed E-state index contributed by atoms with van der Waals surface area (Å²) in [7, 11) is 3.06. The summed E-state index contributed by atoms with van der Waals surface area (Å²) in [5, 5.41) is 7.25. The first-order valence-electron chi connectivity index (χ1n) is 9.94. The summed E-state index contributed by atoms with van der Waals surface area (Å²) >= 11 is 0. The Balaban J connectivity index is 2.01. The van der Waals surface area contributed by atoms with Crippen molar-refractivity contribution in [3.63, 3.8) is 0 Å². The molecule has 3 aromatic rings. The lowest BCUT2D eigenvalue weighted by atomic mass is 10.2. The maximum absolute atomic E-state index is 13.2. The van der Waals surface area contributed by atoms with Crippen molar-refractivity contribution >= 4 is 11.6 Å². The topological polar surface area (TPSA) is 100 Å². The van der Waals surface area contributed by atoms with Gasteiger partial charge in [0.15, 0.2) is 0 Å². The SMILES string of the molecule is CCc1c(C)nc(-n2nc(C)cc2C)n(CC(=O)Nc2ccc(OC)cc2OC)c1=O. The molecule has 0 radical (unpaired) electrons. The van der Waals surface area contributed by atoms with Crippen molar-refractivity contribution in [3.8, 4) is 17.4 Å². The number of nitrogens with one attached hydrogen (secondary N) is 1. The molecule has 0 aliphatic rings. The first-order valence-corrected chi connectivity index (χ1v) is 9.94. The van der Waals surface area contributed by atoms with Crippen LogP contribution in [-0.2, 0) is 17.8 Å². The molecule has 0 spiro atoms. The minimum atomic E-state index is -0.388. The molecule has 0 fully saturated rings. The van der Waals surface area contributed by atoms with Crippen molar-refractivity contribution in [2.45, 2.75) is 40.7 Å². The van der Waals surface area contributed by atoms with Crippen molar-refractivity contribution in [1.29, 1.82) is 0 Å². The van der Waals surface area contributed by atoms with E-state index in [1.807, 2.05) is 26.8 Å². The monoisotopic (exact) mass is 425 g/mol. The van der Waals surface area contributed by atoms with Crippen molar-refractivity contribution < 1.29 is 14.3 Å². The number of benzene rings is 1. The Morgan fingerprint density at radius 3 is 2.45 bits per heavy atom. The number of carbonyl (C=O) groups is 1. The van der Waals surface area contributed by atoms with Gasteiger partial charge < -0.3 is 14.8 Å². The molecule has 0 bridgehead atoms. The number of aromatic nitrogens is 4. The lowest BCUT2D eigenvalue weighted by Gasteiger charge is -2.17. The molecule has 0 saturated heterocycles. The summed E-state index contributed by atoms with van der Waals surface area (Å²) in [6.45, 7) is 7.20. The minimum Gasteiger partial charge on any atom is -0.497 e. The van der Waals surface area contributed by atoms with Crippen LogP contribution < -0.4 is 20.3 Å². The van der Waals surface area contributed by atoms with E-state index in [9.17, 15) is 9.59 Å². The van der Waals surface area contributed by atoms with Crippen LogP contribution in [0.15, 0.2) is 29.1 Å². The van der Waals surface area contributed by atoms with E-state index >= 15 is 0 Å². The largest absolute Gasteiger partial charge is 0.497 e. The van der Waals surface area contributed by atoms with Gasteiger partial charge in [0, 0.05) is 17.3 Å². The molecule has 1 amide bonds. The standard InChI is InChI=1S/C22H27N5O4/c1-7-17-15(4)23-22(27-14(3)10-13(2)25-27)26(21(17)29)12-20(28)24-18-9-8-16(30-5)11-19(18)31-6/h8-11H,7,12H2,1-6H3,(H,24,28). The zero-order valence-electron chi connectivity index (χ0n) is 18.6. The van der Waals surface area contributed by atoms with Crippen LogP contribution in [0.1, 0.15) is 29.6 Å². The smallest absolute Gasteiger partial charge is 0.258 e. The van der Waals surface area contributed by atoms with Crippen molar-refractivity contribution in [3.05, 3.63) is 57.3 Å². The van der Waals surface area contributed by atoms with E-state index in [0.29, 0.717) is 40.8 Å². The van der Waals surface area contributed by atoms with Gasteiger partial charge in [0.1, 0.15) is 18.0 Å². The van der Waals surface area contributed by atoms with Crippen LogP contribution in [0.25, 0.3) is 5.95 Å². The molecule has 0 unspecified atom stereocenters. The van der Waals surface area contributed by atoms with E-state index < -0.39 is 0 Å². The van der Waals surface area contributed by atoms with Gasteiger partial charge in [-0.15, -0.1) is 0 Å². The third kappa shape index (κ3) is 4.45. The van der Waals surface area contributed by atoms with Gasteiger partial charge in [-0.05, 0) is 45.4 Å². The van der Waals surface area contributed by atoms with Crippen LogP contribution in [-0.4, -0.2) is 39.5 Å². The number of carbonyl (C=O) groups excluding carboxylic acids is 1. The van der Waals surface area contributed by atoms with Gasteiger partial charge in [-0.25, -0.2) is 9.67 Å². The molecule has 0 atom stereocenters. The van der Waals surface area contributed by atoms with Crippen molar-refractivity contribution in [1.82, 2.24) is 19.3 Å². The molecule has 3 rings (SSSR count). The fourth-order valence-electron chi connectivity index (χ4n) is 3.46. The summed E-state index contributed by atoms with van der Waals surface area (Å²) in [6.07, 6.45) is 0.517. The van der Waals surface area contributed by atoms with Crippen LogP contribution >= 0.6 is 0 Å². The normalized spacial score (nSPS) is 10.8. The molecule has 9 heteroatoms. The van der Waals surface area contributed by atoms with Crippen LogP contribution in [0.4, 0.5) is 5.69 Å². The van der Waals surface area contributed by atoms with E-state index in [1.54, 1.807) is 36.9 Å². The molecule has 0 aliphatic carbocycles. The Morgan fingerprint density at radius 1 is 1.13 bits per heavy atom. The van der Waals surface area contributed by atoms with Crippen LogP contribution in [0.5, 0.6) is 11.5 Å². The van der Waals surface area contributed by atoms with Gasteiger partial charge in [-0.3, -0.25) is 14.2 Å². The fraction of sp³-hybridized carbons (Fsp3) is 0.364. The summed E-state index contributed by atoms with van der Waals surface area (Å²) in [6, 6.07) is 6.97. The number of rotatable bonds is 7. The van der Waals surface area contributed by atoms with Crippen LogP contribution in [0.2, 0.25) is 0 Å². The summed E-state index contributed by atoms with van der Waals surface area (Å²) in [5.74, 6) is 0.978. The van der Waals surface area contributed by atoms with Gasteiger partial charge in [0.25, 0.3) is 5.56 Å². The quantitative estimate of drug-likeness (QED) is 0.625. The Bertz CT molecular complexity index is 1180. The Labute approximate surface area is 180 Å². The second-order valence-electron chi connectivity index (χ2n) is 7.17. The lowest BCUT2D eigenvalue weighted by molar-refractivity contribution is -0.116. The van der Waals surface area contributed by atoms with E-state index in [-0.39, 0.29) is 18.0 Å². The Kier molecular flexibility index (Phi) is 6.43. The molecule has 2 heterocycles. The zero-order valence-corrected chi connectivity index (χ0v) is 18.6. The average molecular weight is 425 g/mol. The molecule has 9 nitrogen and oxygen atoms in total. The number of hydrogen-bond acceptors (Lipinski definition) is 6. The molecule has 164 valence electrons. The number of amides is 1. The maximum Gasteiger partial charge on any atom is 0.258 e. The highest BCUT2D eigenvalue weighted by atomic mass is 16.5. The van der Waals surface area contributed by atoms with E-state index in [1.165, 1.54) is 11.7 Å². The first-order chi connectivity index (χ1) is 14.8. The number of hydrogen-bond donors (Lipinski definition) is 1. The zero-order chi connectivity index (χ0) is 22.7. The third-order valence-electron chi connectivity index (χ3n) is 4.99.